The average Bonchev–Trinajstić information content (AvgIpc) is 3.88. The second-order valence-electron chi connectivity index (χ2n) is 21.4. The third-order valence-electron chi connectivity index (χ3n) is 9.88. The number of carbonyl (C=O) groups excluding carboxylic acids is 8. The van der Waals surface area contributed by atoms with E-state index >= 15 is 0 Å². The number of amides is 7. The Morgan fingerprint density at radius 1 is 0.459 bits per heavy atom. The van der Waals surface area contributed by atoms with Gasteiger partial charge in [0.2, 0.25) is 17.7 Å². The number of hydrogen-bond acceptors (Lipinski definition) is 14. The van der Waals surface area contributed by atoms with Crippen LogP contribution < -0.4 is 57.5 Å². The fourth-order valence-electron chi connectivity index (χ4n) is 6.76. The minimum absolute atomic E-state index is 0. The number of ether oxygens (including phenoxy) is 4. The number of alkyl carbamates (subject to hydrolysis) is 4. The zero-order valence-corrected chi connectivity index (χ0v) is 47.3. The minimum atomic E-state index is -1.07. The van der Waals surface area contributed by atoms with Gasteiger partial charge in [0.15, 0.2) is 12.1 Å². The predicted octanol–water partition coefficient (Wildman–Crippen LogP) is -4.59. The highest BCUT2D eigenvalue weighted by atomic mass is 35.5. The molecular formula is C47H87Cl2N9O16. The van der Waals surface area contributed by atoms with E-state index in [0.29, 0.717) is 20.0 Å². The summed E-state index contributed by atoms with van der Waals surface area (Å²) in [6, 6.07) is -1.94. The van der Waals surface area contributed by atoms with Crippen molar-refractivity contribution in [3.63, 3.8) is 0 Å². The molecule has 0 aromatic carbocycles. The van der Waals surface area contributed by atoms with Crippen molar-refractivity contribution < 1.29 is 115 Å². The number of hydrogen-bond donors (Lipinski definition) is 8. The van der Waals surface area contributed by atoms with Crippen LogP contribution in [0.25, 0.3) is 0 Å². The lowest BCUT2D eigenvalue weighted by Crippen LogP contribution is -3.00. The van der Waals surface area contributed by atoms with Crippen molar-refractivity contribution in [3.05, 3.63) is 0 Å². The average molecular weight is 1110 g/mol. The normalized spacial score (nSPS) is 20.2. The first-order chi connectivity index (χ1) is 33.2. The SMILES string of the molecule is CC(=O)CCC(=O)N1C[C@H](NC(=O)OC(C)(C)C)[C@@H](NC(=O)OC(C)(C)C)C1.CC(C)(C)OC(=O)N[C@H]1CN(C(=O)CCC(=O)O)C[C@@H]1NC(=O)OC(C)(C)C.[2H]CC.[Cl-].[Cl-].[NH3+][C@H]1CN(C(=O)CCC(=O)O)C[C@@H]1[NH3+]. The van der Waals surface area contributed by atoms with E-state index in [1.807, 2.05) is 0 Å². The quantitative estimate of drug-likeness (QED) is 0.0805. The molecule has 74 heavy (non-hydrogen) atoms. The number of likely N-dealkylation sites (tertiary alicyclic amines) is 3. The molecule has 0 unspecified atom stereocenters. The van der Waals surface area contributed by atoms with E-state index in [9.17, 15) is 47.9 Å². The van der Waals surface area contributed by atoms with E-state index < -0.39 is 82.9 Å². The molecule has 0 radical (unpaired) electrons. The van der Waals surface area contributed by atoms with Crippen molar-refractivity contribution in [2.45, 2.75) is 201 Å². The van der Waals surface area contributed by atoms with Crippen molar-refractivity contribution in [2.24, 2.45) is 0 Å². The van der Waals surface area contributed by atoms with Crippen molar-refractivity contribution in [1.82, 2.24) is 36.0 Å². The van der Waals surface area contributed by atoms with Gasteiger partial charge in [-0.1, -0.05) is 13.8 Å². The number of rotatable bonds is 13. The number of carboxylic acids is 2. The summed E-state index contributed by atoms with van der Waals surface area (Å²) in [5.41, 5.74) is 5.00. The van der Waals surface area contributed by atoms with Crippen LogP contribution in [0.15, 0.2) is 0 Å². The lowest BCUT2D eigenvalue weighted by molar-refractivity contribution is -0.515. The summed E-state index contributed by atoms with van der Waals surface area (Å²) in [5.74, 6) is -2.76. The highest BCUT2D eigenvalue weighted by molar-refractivity contribution is 5.84. The van der Waals surface area contributed by atoms with Crippen LogP contribution in [-0.2, 0) is 47.7 Å². The summed E-state index contributed by atoms with van der Waals surface area (Å²) in [7, 11) is 0. The van der Waals surface area contributed by atoms with Gasteiger partial charge in [-0.3, -0.25) is 24.0 Å². The maximum absolute atomic E-state index is 12.4. The van der Waals surface area contributed by atoms with E-state index in [4.69, 9.17) is 30.5 Å². The van der Waals surface area contributed by atoms with Crippen molar-refractivity contribution >= 4 is 59.8 Å². The number of quaternary nitrogens is 2. The maximum Gasteiger partial charge on any atom is 0.408 e. The van der Waals surface area contributed by atoms with Crippen molar-refractivity contribution in [1.29, 1.82) is 0 Å². The summed E-state index contributed by atoms with van der Waals surface area (Å²) in [5, 5.41) is 27.9. The van der Waals surface area contributed by atoms with Crippen molar-refractivity contribution in [2.75, 3.05) is 39.3 Å². The Kier molecular flexibility index (Phi) is 31.3. The van der Waals surface area contributed by atoms with Crippen LogP contribution in [-0.4, -0.2) is 183 Å². The van der Waals surface area contributed by atoms with Crippen LogP contribution >= 0.6 is 0 Å². The van der Waals surface area contributed by atoms with Gasteiger partial charge in [0, 0.05) is 53.2 Å². The van der Waals surface area contributed by atoms with Crippen LogP contribution in [0, 0.1) is 0 Å². The molecule has 3 aliphatic heterocycles. The van der Waals surface area contributed by atoms with Gasteiger partial charge in [0.05, 0.1) is 50.1 Å². The maximum atomic E-state index is 12.4. The molecule has 3 aliphatic rings. The Morgan fingerprint density at radius 2 is 0.662 bits per heavy atom. The molecule has 430 valence electrons. The lowest BCUT2D eigenvalue weighted by atomic mass is 10.1. The number of nitrogens with zero attached hydrogens (tertiary/aromatic N) is 3. The fraction of sp³-hybridized carbons (Fsp3) is 0.787. The van der Waals surface area contributed by atoms with E-state index in [-0.39, 0.29) is 125 Å². The molecule has 7 amide bonds. The van der Waals surface area contributed by atoms with E-state index in [0.717, 1.165) is 0 Å². The largest absolute Gasteiger partial charge is 1.00 e. The molecule has 3 fully saturated rings. The topological polar surface area (TPSA) is 361 Å². The molecule has 0 spiro atoms. The molecule has 0 aromatic rings. The number of carbonyl (C=O) groups is 10. The van der Waals surface area contributed by atoms with Gasteiger partial charge in [0.25, 0.3) is 0 Å². The van der Waals surface area contributed by atoms with E-state index in [1.54, 1.807) is 94.9 Å². The number of carboxylic acid groups (broad SMARTS) is 2. The minimum Gasteiger partial charge on any atom is -1.00 e. The smallest absolute Gasteiger partial charge is 0.408 e. The zero-order valence-electron chi connectivity index (χ0n) is 46.8. The van der Waals surface area contributed by atoms with E-state index in [1.165, 1.54) is 16.7 Å². The first-order valence-electron chi connectivity index (χ1n) is 24.6. The highest BCUT2D eigenvalue weighted by Crippen LogP contribution is 2.18. The molecular weight excluding hydrogens is 1020 g/mol. The molecule has 12 N–H and O–H groups in total. The molecule has 0 bridgehead atoms. The van der Waals surface area contributed by atoms with Crippen molar-refractivity contribution in [3.8, 4) is 0 Å². The summed E-state index contributed by atoms with van der Waals surface area (Å²) in [6.07, 6.45) is -2.83. The molecule has 25 nitrogen and oxygen atoms in total. The number of aliphatic carboxylic acids is 2. The molecule has 6 atom stereocenters. The van der Waals surface area contributed by atoms with Crippen LogP contribution in [0.3, 0.4) is 0 Å². The molecule has 27 heteroatoms. The lowest BCUT2D eigenvalue weighted by Gasteiger charge is -2.26. The number of ketones is 1. The van der Waals surface area contributed by atoms with E-state index in [2.05, 4.69) is 32.7 Å². The number of nitrogens with one attached hydrogen (secondary N) is 4. The highest BCUT2D eigenvalue weighted by Gasteiger charge is 2.41. The zero-order chi connectivity index (χ0) is 56.8. The summed E-state index contributed by atoms with van der Waals surface area (Å²) >= 11 is 0. The molecule has 0 saturated carbocycles. The summed E-state index contributed by atoms with van der Waals surface area (Å²) in [4.78, 5) is 121. The summed E-state index contributed by atoms with van der Waals surface area (Å²) < 4.78 is 27.2. The molecule has 0 aromatic heterocycles. The molecule has 3 heterocycles. The van der Waals surface area contributed by atoms with Crippen LogP contribution in [0.5, 0.6) is 0 Å². The van der Waals surface area contributed by atoms with Gasteiger partial charge in [-0.2, -0.15) is 0 Å². The Morgan fingerprint density at radius 3 is 0.851 bits per heavy atom. The van der Waals surface area contributed by atoms with Gasteiger partial charge >= 0.3 is 36.3 Å². The molecule has 3 saturated heterocycles. The van der Waals surface area contributed by atoms with Crippen LogP contribution in [0.4, 0.5) is 19.2 Å². The molecule has 3 rings (SSSR count). The van der Waals surface area contributed by atoms with Gasteiger partial charge in [-0.05, 0) is 90.0 Å². The Balaban J connectivity index is -0.00000104. The van der Waals surface area contributed by atoms with Gasteiger partial charge < -0.3 is 106 Å². The molecule has 0 aliphatic carbocycles. The fourth-order valence-corrected chi connectivity index (χ4v) is 6.76. The third-order valence-corrected chi connectivity index (χ3v) is 9.88. The monoisotopic (exact) mass is 1100 g/mol. The van der Waals surface area contributed by atoms with Crippen LogP contribution in [0.2, 0.25) is 0 Å². The number of halogens is 2. The first-order valence-corrected chi connectivity index (χ1v) is 23.9. The Hall–Kier alpha value is -5.40. The second-order valence-corrected chi connectivity index (χ2v) is 21.4. The Labute approximate surface area is 449 Å². The standard InChI is InChI=1S/C19H33N3O6.C18H31N3O7.C8H15N3O3.C2H6.2ClH/c1-12(23)8-9-15(24)22-10-13(20-16(25)27-18(2,3)4)14(11-22)21-17(26)28-19(5,6)7;1-17(2,3)27-15(25)19-11-9-21(13(22)7-8-14(23)24)10-12(11)20-16(26)28-18(4,5)6;9-5-3-11(4-6(5)10)7(12)1-2-8(13)14;1-2;;/h13-14H,8-11H2,1-7H3,(H,20,25)(H,21,26);11-12H,7-10H2,1-6H3,(H,19,25)(H,20,26)(H,23,24);5-6H,1-4,9-10H2,(H,13,14);1-2H3;2*1H/t13-,14-;11-,12-;5-,6-;;;/m000.../s1/i;;;1D;;. The number of Topliss-reactive ketones (excluding diaryl/α,β-unsaturated/α-hetero) is 1. The first kappa shape index (κ1) is 70.7. The summed E-state index contributed by atoms with van der Waals surface area (Å²) in [6.45, 7) is 26.4. The van der Waals surface area contributed by atoms with Gasteiger partial charge in [-0.15, -0.1) is 0 Å². The second kappa shape index (κ2) is 32.8. The van der Waals surface area contributed by atoms with Gasteiger partial charge in [-0.25, -0.2) is 19.2 Å². The third kappa shape index (κ3) is 32.7. The predicted molar refractivity (Wildman–Crippen MR) is 261 cm³/mol. The van der Waals surface area contributed by atoms with Gasteiger partial charge in [0.1, 0.15) is 28.2 Å². The Bertz CT molecular complexity index is 1700. The van der Waals surface area contributed by atoms with Crippen LogP contribution in [0.1, 0.15) is 144 Å².